The summed E-state index contributed by atoms with van der Waals surface area (Å²) >= 11 is 0. The van der Waals surface area contributed by atoms with Crippen molar-refractivity contribution < 1.29 is 55.0 Å². The van der Waals surface area contributed by atoms with E-state index in [2.05, 4.69) is 13.8 Å². The minimum atomic E-state index is -3.15. The topological polar surface area (TPSA) is 111 Å². The molecule has 0 aliphatic carbocycles. The second kappa shape index (κ2) is 29.7. The lowest BCUT2D eigenvalue weighted by molar-refractivity contribution is 0.0131. The Kier molecular flexibility index (Phi) is 30.7. The van der Waals surface area contributed by atoms with Crippen molar-refractivity contribution in [1.82, 2.24) is 0 Å². The number of hydrogen-bond donors (Lipinski definition) is 0. The van der Waals surface area contributed by atoms with E-state index >= 15 is 0 Å². The summed E-state index contributed by atoms with van der Waals surface area (Å²) in [6, 6.07) is 0. The van der Waals surface area contributed by atoms with Crippen LogP contribution < -0.4 is 0 Å². The van der Waals surface area contributed by atoms with Crippen LogP contribution >= 0.6 is 41.2 Å². The number of hydrogen-bond acceptors (Lipinski definition) is 16. The van der Waals surface area contributed by atoms with Gasteiger partial charge in [0, 0.05) is 42.7 Å². The fourth-order valence-corrected chi connectivity index (χ4v) is 20.6. The van der Waals surface area contributed by atoms with Crippen LogP contribution in [0.25, 0.3) is 0 Å². The fourth-order valence-electron chi connectivity index (χ4n) is 3.29. The minimum Gasteiger partial charge on any atom is -0.382 e. The number of rotatable bonds is 33. The van der Waals surface area contributed by atoms with Crippen molar-refractivity contribution in [2.75, 3.05) is 122 Å². The zero-order valence-corrected chi connectivity index (χ0v) is 31.9. The molecular formula is C24H54O12S4Si2. The first-order valence-electron chi connectivity index (χ1n) is 13.9. The molecule has 2 unspecified atom stereocenters. The van der Waals surface area contributed by atoms with Crippen molar-refractivity contribution in [2.45, 2.75) is 36.4 Å². The highest BCUT2D eigenvalue weighted by Gasteiger charge is 2.51. The first kappa shape index (κ1) is 43.4. The second-order valence-corrected chi connectivity index (χ2v) is 21.0. The van der Waals surface area contributed by atoms with Gasteiger partial charge in [0.2, 0.25) is 0 Å². The van der Waals surface area contributed by atoms with E-state index in [1.807, 2.05) is 0 Å². The average molecular weight is 719 g/mol. The van der Waals surface area contributed by atoms with E-state index in [9.17, 15) is 0 Å². The van der Waals surface area contributed by atoms with Gasteiger partial charge >= 0.3 is 17.6 Å². The summed E-state index contributed by atoms with van der Waals surface area (Å²) < 4.78 is 69.6. The van der Waals surface area contributed by atoms with Crippen LogP contribution in [0.2, 0.25) is 0 Å². The monoisotopic (exact) mass is 718 g/mol. The Balaban J connectivity index is 5.69. The molecule has 0 aromatic rings. The molecule has 0 aromatic heterocycles. The number of methoxy groups -OCH3 is 6. The first-order valence-corrected chi connectivity index (χ1v) is 22.5. The van der Waals surface area contributed by atoms with E-state index in [0.29, 0.717) is 79.3 Å². The maximum atomic E-state index is 6.35. The molecule has 0 saturated carbocycles. The number of ether oxygens (including phenoxy) is 6. The smallest absolute Gasteiger partial charge is 0.382 e. The van der Waals surface area contributed by atoms with Crippen molar-refractivity contribution in [3.05, 3.63) is 0 Å². The molecule has 0 N–H and O–H groups in total. The molecule has 0 fully saturated rings. The highest BCUT2D eigenvalue weighted by molar-refractivity contribution is 9.26. The van der Waals surface area contributed by atoms with E-state index in [-0.39, 0.29) is 9.75 Å². The Morgan fingerprint density at radius 3 is 0.762 bits per heavy atom. The Morgan fingerprint density at radius 2 is 0.595 bits per heavy atom. The van der Waals surface area contributed by atoms with E-state index in [0.717, 1.165) is 12.8 Å². The second-order valence-electron chi connectivity index (χ2n) is 8.38. The molecular weight excluding hydrogens is 665 g/mol. The van der Waals surface area contributed by atoms with Gasteiger partial charge in [-0.05, 0) is 32.5 Å². The van der Waals surface area contributed by atoms with Gasteiger partial charge in [-0.15, -0.1) is 0 Å². The summed E-state index contributed by atoms with van der Waals surface area (Å²) in [4.78, 5) is -0.0609. The molecule has 42 heavy (non-hydrogen) atoms. The maximum absolute atomic E-state index is 6.35. The van der Waals surface area contributed by atoms with Gasteiger partial charge in [0.05, 0.1) is 89.0 Å². The van der Waals surface area contributed by atoms with Gasteiger partial charge in [0.1, 0.15) is 0 Å². The van der Waals surface area contributed by atoms with E-state index in [1.165, 1.54) is 0 Å². The quantitative estimate of drug-likeness (QED) is 0.0550. The third kappa shape index (κ3) is 18.5. The molecule has 0 rings (SSSR count). The van der Waals surface area contributed by atoms with Gasteiger partial charge < -0.3 is 55.0 Å². The van der Waals surface area contributed by atoms with Gasteiger partial charge in [-0.3, -0.25) is 0 Å². The molecule has 0 heterocycles. The zero-order chi connectivity index (χ0) is 31.4. The van der Waals surface area contributed by atoms with Crippen molar-refractivity contribution in [2.24, 2.45) is 0 Å². The van der Waals surface area contributed by atoms with Crippen molar-refractivity contribution in [1.29, 1.82) is 0 Å². The van der Waals surface area contributed by atoms with Crippen LogP contribution in [0, 0.1) is 0 Å². The zero-order valence-electron chi connectivity index (χ0n) is 26.6. The van der Waals surface area contributed by atoms with Gasteiger partial charge in [-0.1, -0.05) is 35.4 Å². The summed E-state index contributed by atoms with van der Waals surface area (Å²) in [5, 5.41) is 0. The van der Waals surface area contributed by atoms with Crippen molar-refractivity contribution >= 4 is 58.8 Å². The van der Waals surface area contributed by atoms with Crippen LogP contribution in [0.3, 0.4) is 0 Å². The predicted molar refractivity (Wildman–Crippen MR) is 177 cm³/mol. The molecule has 2 atom stereocenters. The SMILES string of the molecule is CCC(SSSSC(CC)[Si](OCCOC)(OCCOC)OCCOC)[Si](OCCOC)(OCCOC)OCCOC. The first-order chi connectivity index (χ1) is 20.5. The molecule has 0 radical (unpaired) electrons. The summed E-state index contributed by atoms with van der Waals surface area (Å²) in [5.74, 6) is 0. The minimum absolute atomic E-state index is 0.0305. The largest absolute Gasteiger partial charge is 0.515 e. The lowest BCUT2D eigenvalue weighted by atomic mass is 10.6. The van der Waals surface area contributed by atoms with Crippen LogP contribution in [0.5, 0.6) is 0 Å². The van der Waals surface area contributed by atoms with E-state index in [4.69, 9.17) is 55.0 Å². The van der Waals surface area contributed by atoms with Crippen molar-refractivity contribution in [3.63, 3.8) is 0 Å². The van der Waals surface area contributed by atoms with Crippen LogP contribution in [-0.4, -0.2) is 149 Å². The Morgan fingerprint density at radius 1 is 0.381 bits per heavy atom. The third-order valence-corrected chi connectivity index (χ3v) is 21.7. The third-order valence-electron chi connectivity index (χ3n) is 5.41. The highest BCUT2D eigenvalue weighted by atomic mass is 33.7. The van der Waals surface area contributed by atoms with Crippen LogP contribution in [-0.2, 0) is 55.0 Å². The van der Waals surface area contributed by atoms with Crippen LogP contribution in [0.4, 0.5) is 0 Å². The van der Waals surface area contributed by atoms with Crippen molar-refractivity contribution in [3.8, 4) is 0 Å². The summed E-state index contributed by atoms with van der Waals surface area (Å²) in [6.07, 6.45) is 1.58. The standard InChI is InChI=1S/C24H54O12S4Si2/c1-9-23(41(31-17-11-25-3,32-18-12-26-4)33-19-13-27-5)37-39-40-38-24(10-2)42(34-20-14-28-6,35-21-15-29-7)36-22-16-30-8/h23-24H,9-22H2,1-8H3. The molecule has 0 aliphatic heterocycles. The molecule has 0 spiro atoms. The lowest BCUT2D eigenvalue weighted by Gasteiger charge is -2.35. The molecule has 12 nitrogen and oxygen atoms in total. The molecule has 0 aliphatic rings. The molecule has 254 valence electrons. The van der Waals surface area contributed by atoms with Gasteiger partial charge in [0.15, 0.2) is 0 Å². The fraction of sp³-hybridized carbons (Fsp3) is 1.00. The summed E-state index contributed by atoms with van der Waals surface area (Å²) in [7, 11) is 10.2. The van der Waals surface area contributed by atoms with Crippen LogP contribution in [0.1, 0.15) is 26.7 Å². The maximum Gasteiger partial charge on any atom is 0.515 e. The molecule has 0 bridgehead atoms. The highest BCUT2D eigenvalue weighted by Crippen LogP contribution is 2.51. The van der Waals surface area contributed by atoms with Gasteiger partial charge in [-0.2, -0.15) is 0 Å². The van der Waals surface area contributed by atoms with Crippen LogP contribution in [0.15, 0.2) is 0 Å². The average Bonchev–Trinajstić information content (AvgIpc) is 2.99. The van der Waals surface area contributed by atoms with E-state index < -0.39 is 17.6 Å². The summed E-state index contributed by atoms with van der Waals surface area (Å²) in [6.45, 7) is 9.08. The Bertz CT molecular complexity index is 495. The molecule has 18 heteroatoms. The normalized spacial score (nSPS) is 14.0. The molecule has 0 amide bonds. The molecule has 0 aromatic carbocycles. The Labute approximate surface area is 271 Å². The van der Waals surface area contributed by atoms with E-state index in [1.54, 1.807) is 83.9 Å². The molecule has 0 saturated heterocycles. The summed E-state index contributed by atoms with van der Waals surface area (Å²) in [5.41, 5.74) is 0. The van der Waals surface area contributed by atoms with Gasteiger partial charge in [0.25, 0.3) is 0 Å². The lowest BCUT2D eigenvalue weighted by Crippen LogP contribution is -2.56. The van der Waals surface area contributed by atoms with Gasteiger partial charge in [-0.25, -0.2) is 0 Å². The Hall–Kier alpha value is 1.35. The predicted octanol–water partition coefficient (Wildman–Crippen LogP) is 4.16.